The molecule has 4 atom stereocenters. The number of esters is 1. The van der Waals surface area contributed by atoms with Gasteiger partial charge in [-0.3, -0.25) is 9.59 Å². The van der Waals surface area contributed by atoms with Gasteiger partial charge in [-0.05, 0) is 11.8 Å². The Hall–Kier alpha value is -1.32. The Morgan fingerprint density at radius 3 is 2.82 bits per heavy atom. The van der Waals surface area contributed by atoms with Crippen LogP contribution in [-0.4, -0.2) is 23.1 Å². The SMILES string of the molecule is CC(C)[C@@H]1C=C[C@@H](CC(=O)O)[C@H]2CC(=O)O[C@H]21. The summed E-state index contributed by atoms with van der Waals surface area (Å²) < 4.78 is 5.37. The molecular formula is C13H18O4. The molecule has 4 heteroatoms. The van der Waals surface area contributed by atoms with E-state index in [1.807, 2.05) is 12.2 Å². The summed E-state index contributed by atoms with van der Waals surface area (Å²) in [6.45, 7) is 4.19. The second-order valence-corrected chi connectivity index (χ2v) is 5.29. The maximum absolute atomic E-state index is 11.4. The Bertz CT molecular complexity index is 358. The van der Waals surface area contributed by atoms with Crippen LogP contribution in [0.5, 0.6) is 0 Å². The zero-order valence-corrected chi connectivity index (χ0v) is 10.1. The topological polar surface area (TPSA) is 63.6 Å². The highest BCUT2D eigenvalue weighted by atomic mass is 16.6. The van der Waals surface area contributed by atoms with E-state index < -0.39 is 5.97 Å². The van der Waals surface area contributed by atoms with Gasteiger partial charge in [0.15, 0.2) is 0 Å². The monoisotopic (exact) mass is 238 g/mol. The summed E-state index contributed by atoms with van der Waals surface area (Å²) in [5.41, 5.74) is 0. The second-order valence-electron chi connectivity index (χ2n) is 5.29. The van der Waals surface area contributed by atoms with Gasteiger partial charge in [-0.1, -0.05) is 26.0 Å². The van der Waals surface area contributed by atoms with Gasteiger partial charge in [0.2, 0.25) is 0 Å². The number of carbonyl (C=O) groups is 2. The fourth-order valence-corrected chi connectivity index (χ4v) is 2.90. The van der Waals surface area contributed by atoms with Crippen LogP contribution in [-0.2, 0) is 14.3 Å². The summed E-state index contributed by atoms with van der Waals surface area (Å²) in [5.74, 6) is -0.424. The van der Waals surface area contributed by atoms with E-state index in [1.165, 1.54) is 0 Å². The van der Waals surface area contributed by atoms with Gasteiger partial charge in [0.1, 0.15) is 6.10 Å². The van der Waals surface area contributed by atoms with Crippen LogP contribution in [0.15, 0.2) is 12.2 Å². The number of carboxylic acid groups (broad SMARTS) is 1. The number of carboxylic acids is 1. The highest BCUT2D eigenvalue weighted by Crippen LogP contribution is 2.42. The lowest BCUT2D eigenvalue weighted by Gasteiger charge is -2.34. The van der Waals surface area contributed by atoms with Gasteiger partial charge < -0.3 is 9.84 Å². The Balaban J connectivity index is 2.20. The minimum atomic E-state index is -0.819. The van der Waals surface area contributed by atoms with Crippen LogP contribution in [0.2, 0.25) is 0 Å². The van der Waals surface area contributed by atoms with Crippen molar-refractivity contribution in [1.29, 1.82) is 0 Å². The molecular weight excluding hydrogens is 220 g/mol. The molecule has 1 heterocycles. The number of hydrogen-bond donors (Lipinski definition) is 1. The first-order chi connectivity index (χ1) is 7.99. The van der Waals surface area contributed by atoms with Gasteiger partial charge in [0, 0.05) is 11.8 Å². The van der Waals surface area contributed by atoms with Crippen molar-refractivity contribution in [3.63, 3.8) is 0 Å². The molecule has 1 aliphatic heterocycles. The molecule has 0 bridgehead atoms. The predicted molar refractivity (Wildman–Crippen MR) is 61.2 cm³/mol. The second kappa shape index (κ2) is 4.51. The summed E-state index contributed by atoms with van der Waals surface area (Å²) in [5, 5.41) is 8.87. The average molecular weight is 238 g/mol. The van der Waals surface area contributed by atoms with E-state index in [0.29, 0.717) is 12.3 Å². The molecule has 1 aliphatic carbocycles. The van der Waals surface area contributed by atoms with Gasteiger partial charge in [0.25, 0.3) is 0 Å². The first kappa shape index (κ1) is 12.1. The Kier molecular flexibility index (Phi) is 3.22. The van der Waals surface area contributed by atoms with Gasteiger partial charge in [-0.2, -0.15) is 0 Å². The minimum absolute atomic E-state index is 0.0380. The molecule has 1 N–H and O–H groups in total. The number of carbonyl (C=O) groups excluding carboxylic acids is 1. The van der Waals surface area contributed by atoms with Crippen LogP contribution >= 0.6 is 0 Å². The van der Waals surface area contributed by atoms with Crippen molar-refractivity contribution >= 4 is 11.9 Å². The fraction of sp³-hybridized carbons (Fsp3) is 0.692. The molecule has 0 aromatic heterocycles. The van der Waals surface area contributed by atoms with Crippen LogP contribution in [0.25, 0.3) is 0 Å². The quantitative estimate of drug-likeness (QED) is 0.602. The van der Waals surface area contributed by atoms with E-state index in [-0.39, 0.29) is 36.2 Å². The fourth-order valence-electron chi connectivity index (χ4n) is 2.90. The molecule has 0 spiro atoms. The van der Waals surface area contributed by atoms with Crippen LogP contribution in [0.1, 0.15) is 26.7 Å². The maximum atomic E-state index is 11.4. The molecule has 0 radical (unpaired) electrons. The van der Waals surface area contributed by atoms with E-state index >= 15 is 0 Å². The standard InChI is InChI=1S/C13H18O4/c1-7(2)9-4-3-8(5-11(14)15)10-6-12(16)17-13(9)10/h3-4,7-10,13H,5-6H2,1-2H3,(H,14,15)/t8-,9-,10+,13-/m0/s1. The molecule has 1 fully saturated rings. The molecule has 2 aliphatic rings. The lowest BCUT2D eigenvalue weighted by Crippen LogP contribution is -2.36. The van der Waals surface area contributed by atoms with Gasteiger partial charge in [-0.25, -0.2) is 0 Å². The lowest BCUT2D eigenvalue weighted by atomic mass is 9.72. The molecule has 94 valence electrons. The van der Waals surface area contributed by atoms with E-state index in [1.54, 1.807) is 0 Å². The molecule has 17 heavy (non-hydrogen) atoms. The Morgan fingerprint density at radius 2 is 2.24 bits per heavy atom. The number of aliphatic carboxylic acids is 1. The maximum Gasteiger partial charge on any atom is 0.306 e. The Morgan fingerprint density at radius 1 is 1.53 bits per heavy atom. The molecule has 0 unspecified atom stereocenters. The third-order valence-corrected chi connectivity index (χ3v) is 3.78. The molecule has 0 saturated carbocycles. The third kappa shape index (κ3) is 2.35. The van der Waals surface area contributed by atoms with Crippen molar-refractivity contribution in [2.24, 2.45) is 23.7 Å². The molecule has 0 aromatic carbocycles. The lowest BCUT2D eigenvalue weighted by molar-refractivity contribution is -0.143. The third-order valence-electron chi connectivity index (χ3n) is 3.78. The highest BCUT2D eigenvalue weighted by Gasteiger charge is 2.46. The summed E-state index contributed by atoms with van der Waals surface area (Å²) in [6, 6.07) is 0. The predicted octanol–water partition coefficient (Wildman–Crippen LogP) is 1.85. The molecule has 0 aromatic rings. The average Bonchev–Trinajstić information content (AvgIpc) is 2.58. The van der Waals surface area contributed by atoms with Crippen LogP contribution in [0.4, 0.5) is 0 Å². The molecule has 1 saturated heterocycles. The molecule has 0 amide bonds. The van der Waals surface area contributed by atoms with Crippen molar-refractivity contribution < 1.29 is 19.4 Å². The van der Waals surface area contributed by atoms with Crippen molar-refractivity contribution in [3.05, 3.63) is 12.2 Å². The first-order valence-corrected chi connectivity index (χ1v) is 6.08. The smallest absolute Gasteiger partial charge is 0.306 e. The van der Waals surface area contributed by atoms with E-state index in [4.69, 9.17) is 9.84 Å². The minimum Gasteiger partial charge on any atom is -0.481 e. The van der Waals surface area contributed by atoms with Crippen molar-refractivity contribution in [2.45, 2.75) is 32.8 Å². The summed E-state index contributed by atoms with van der Waals surface area (Å²) in [6.07, 6.45) is 4.30. The summed E-state index contributed by atoms with van der Waals surface area (Å²) in [4.78, 5) is 22.2. The number of rotatable bonds is 3. The van der Waals surface area contributed by atoms with Gasteiger partial charge >= 0.3 is 11.9 Å². The zero-order valence-electron chi connectivity index (χ0n) is 10.1. The first-order valence-electron chi connectivity index (χ1n) is 6.08. The van der Waals surface area contributed by atoms with Gasteiger partial charge in [-0.15, -0.1) is 0 Å². The van der Waals surface area contributed by atoms with Crippen molar-refractivity contribution in [1.82, 2.24) is 0 Å². The van der Waals surface area contributed by atoms with Crippen LogP contribution in [0, 0.1) is 23.7 Å². The number of fused-ring (bicyclic) bond motifs is 1. The largest absolute Gasteiger partial charge is 0.481 e. The number of hydrogen-bond acceptors (Lipinski definition) is 3. The van der Waals surface area contributed by atoms with E-state index in [0.717, 1.165) is 0 Å². The van der Waals surface area contributed by atoms with Crippen LogP contribution < -0.4 is 0 Å². The van der Waals surface area contributed by atoms with Crippen molar-refractivity contribution in [2.75, 3.05) is 0 Å². The van der Waals surface area contributed by atoms with Crippen molar-refractivity contribution in [3.8, 4) is 0 Å². The number of ether oxygens (including phenoxy) is 1. The Labute approximate surface area is 101 Å². The molecule has 2 rings (SSSR count). The van der Waals surface area contributed by atoms with Crippen LogP contribution in [0.3, 0.4) is 0 Å². The summed E-state index contributed by atoms with van der Waals surface area (Å²) >= 11 is 0. The summed E-state index contributed by atoms with van der Waals surface area (Å²) in [7, 11) is 0. The number of allylic oxidation sites excluding steroid dienone is 1. The van der Waals surface area contributed by atoms with E-state index in [9.17, 15) is 9.59 Å². The zero-order chi connectivity index (χ0) is 12.6. The van der Waals surface area contributed by atoms with Gasteiger partial charge in [0.05, 0.1) is 12.8 Å². The molecule has 4 nitrogen and oxygen atoms in total. The normalized spacial score (nSPS) is 35.8. The highest BCUT2D eigenvalue weighted by molar-refractivity contribution is 5.73. The van der Waals surface area contributed by atoms with E-state index in [2.05, 4.69) is 13.8 Å².